The molecule has 0 aliphatic rings. The van der Waals surface area contributed by atoms with Gasteiger partial charge in [0, 0.05) is 12.5 Å². The van der Waals surface area contributed by atoms with Gasteiger partial charge in [-0.05, 0) is 17.0 Å². The smallest absolute Gasteiger partial charge is 0.179 e. The molecule has 0 saturated carbocycles. The molecule has 0 unspecified atom stereocenters. The Morgan fingerprint density at radius 1 is 1.33 bits per heavy atom. The van der Waals surface area contributed by atoms with Crippen LogP contribution in [0.15, 0.2) is 17.2 Å². The van der Waals surface area contributed by atoms with Gasteiger partial charge >= 0.3 is 0 Å². The van der Waals surface area contributed by atoms with Gasteiger partial charge in [0.25, 0.3) is 0 Å². The number of nitrogens with zero attached hydrogens (tertiary/aromatic N) is 1. The molecule has 0 fully saturated rings. The van der Waals surface area contributed by atoms with E-state index in [-0.39, 0.29) is 16.1 Å². The maximum atomic E-state index is 11.4. The highest BCUT2D eigenvalue weighted by Gasteiger charge is 2.19. The summed E-state index contributed by atoms with van der Waals surface area (Å²) >= 11 is 0. The first-order valence-electron chi connectivity index (χ1n) is 4.58. The molecule has 1 rings (SSSR count). The Kier molecular flexibility index (Phi) is 2.78. The fraction of sp³-hybridized carbons (Fsp3) is 0.500. The third kappa shape index (κ3) is 2.68. The van der Waals surface area contributed by atoms with Crippen molar-refractivity contribution in [2.45, 2.75) is 31.1 Å². The summed E-state index contributed by atoms with van der Waals surface area (Å²) in [7, 11) is -3.30. The third-order valence-electron chi connectivity index (χ3n) is 2.15. The minimum absolute atomic E-state index is 0.0606. The topological polar surface area (TPSA) is 73.0 Å². The van der Waals surface area contributed by atoms with E-state index in [1.807, 2.05) is 20.8 Å². The predicted octanol–water partition coefficient (Wildman–Crippen LogP) is 1.36. The Morgan fingerprint density at radius 2 is 1.87 bits per heavy atom. The summed E-state index contributed by atoms with van der Waals surface area (Å²) in [6.07, 6.45) is 2.75. The van der Waals surface area contributed by atoms with Gasteiger partial charge in [-0.2, -0.15) is 0 Å². The van der Waals surface area contributed by atoms with E-state index in [1.54, 1.807) is 12.3 Å². The van der Waals surface area contributed by atoms with Crippen LogP contribution in [-0.2, 0) is 15.3 Å². The van der Waals surface area contributed by atoms with Crippen molar-refractivity contribution in [1.29, 1.82) is 0 Å². The summed E-state index contributed by atoms with van der Waals surface area (Å²) < 4.78 is 22.8. The highest BCUT2D eigenvalue weighted by Crippen LogP contribution is 2.26. The number of aromatic nitrogens is 1. The molecule has 1 heterocycles. The van der Waals surface area contributed by atoms with E-state index >= 15 is 0 Å². The highest BCUT2D eigenvalue weighted by atomic mass is 32.2. The summed E-state index contributed by atoms with van der Waals surface area (Å²) in [5.74, 6) is 0.0606. The molecule has 0 atom stereocenters. The minimum atomic E-state index is -3.30. The molecule has 0 spiro atoms. The Hall–Kier alpha value is -1.10. The van der Waals surface area contributed by atoms with Crippen LogP contribution in [0, 0.1) is 0 Å². The van der Waals surface area contributed by atoms with Gasteiger partial charge in [0.2, 0.25) is 0 Å². The molecule has 0 aromatic carbocycles. The molecule has 0 amide bonds. The molecule has 84 valence electrons. The fourth-order valence-electron chi connectivity index (χ4n) is 1.16. The van der Waals surface area contributed by atoms with E-state index in [4.69, 9.17) is 5.73 Å². The number of hydrogen-bond donors (Lipinski definition) is 1. The molecule has 0 saturated heterocycles. The highest BCUT2D eigenvalue weighted by molar-refractivity contribution is 7.90. The van der Waals surface area contributed by atoms with Gasteiger partial charge in [0.1, 0.15) is 10.7 Å². The molecular formula is C10H16N2O2S. The average Bonchev–Trinajstić information content (AvgIpc) is 2.00. The fourth-order valence-corrected chi connectivity index (χ4v) is 1.94. The predicted molar refractivity (Wildman–Crippen MR) is 60.5 cm³/mol. The van der Waals surface area contributed by atoms with Crippen molar-refractivity contribution < 1.29 is 8.42 Å². The molecule has 1 aromatic heterocycles. The third-order valence-corrected chi connectivity index (χ3v) is 3.27. The van der Waals surface area contributed by atoms with E-state index in [2.05, 4.69) is 4.98 Å². The van der Waals surface area contributed by atoms with Crippen LogP contribution < -0.4 is 5.73 Å². The molecule has 0 radical (unpaired) electrons. The van der Waals surface area contributed by atoms with Gasteiger partial charge in [0.05, 0.1) is 0 Å². The monoisotopic (exact) mass is 228 g/mol. The largest absolute Gasteiger partial charge is 0.383 e. The Balaban J connectivity index is 3.43. The first-order chi connectivity index (χ1) is 6.62. The molecule has 5 heteroatoms. The molecule has 0 aliphatic carbocycles. The Labute approximate surface area is 90.4 Å². The standard InChI is InChI=1S/C10H16N2O2S/c1-10(2,3)7-5-8(15(4,13)14)9(11)12-6-7/h5-6H,1-4H3,(H2,11,12). The lowest BCUT2D eigenvalue weighted by atomic mass is 9.88. The number of anilines is 1. The minimum Gasteiger partial charge on any atom is -0.383 e. The molecule has 4 nitrogen and oxygen atoms in total. The zero-order chi connectivity index (χ0) is 11.9. The maximum Gasteiger partial charge on any atom is 0.179 e. The summed E-state index contributed by atoms with van der Waals surface area (Å²) in [5.41, 5.74) is 6.25. The lowest BCUT2D eigenvalue weighted by molar-refractivity contribution is 0.582. The number of nitrogen functional groups attached to an aromatic ring is 1. The van der Waals surface area contributed by atoms with E-state index in [0.29, 0.717) is 0 Å². The van der Waals surface area contributed by atoms with Crippen LogP contribution in [0.1, 0.15) is 26.3 Å². The molecular weight excluding hydrogens is 212 g/mol. The second-order valence-corrected chi connectivity index (χ2v) is 6.61. The van der Waals surface area contributed by atoms with Gasteiger partial charge in [-0.15, -0.1) is 0 Å². The van der Waals surface area contributed by atoms with E-state index in [9.17, 15) is 8.42 Å². The van der Waals surface area contributed by atoms with Crippen molar-refractivity contribution in [1.82, 2.24) is 4.98 Å². The van der Waals surface area contributed by atoms with Crippen LogP contribution in [-0.4, -0.2) is 19.7 Å². The molecule has 1 aromatic rings. The van der Waals surface area contributed by atoms with Gasteiger partial charge in [-0.25, -0.2) is 13.4 Å². The van der Waals surface area contributed by atoms with Crippen LogP contribution >= 0.6 is 0 Å². The first kappa shape index (κ1) is 12.0. The SMILES string of the molecule is CC(C)(C)c1cnc(N)c(S(C)(=O)=O)c1. The van der Waals surface area contributed by atoms with Crippen LogP contribution in [0.2, 0.25) is 0 Å². The van der Waals surface area contributed by atoms with Gasteiger partial charge < -0.3 is 5.73 Å². The van der Waals surface area contributed by atoms with Crippen LogP contribution in [0.4, 0.5) is 5.82 Å². The average molecular weight is 228 g/mol. The van der Waals surface area contributed by atoms with Gasteiger partial charge in [-0.3, -0.25) is 0 Å². The summed E-state index contributed by atoms with van der Waals surface area (Å²) in [6.45, 7) is 5.98. The van der Waals surface area contributed by atoms with Crippen molar-refractivity contribution in [2.75, 3.05) is 12.0 Å². The summed E-state index contributed by atoms with van der Waals surface area (Å²) in [5, 5.41) is 0. The van der Waals surface area contributed by atoms with Crippen LogP contribution in [0.3, 0.4) is 0 Å². The Morgan fingerprint density at radius 3 is 2.27 bits per heavy atom. The molecule has 0 aliphatic heterocycles. The van der Waals surface area contributed by atoms with Crippen molar-refractivity contribution in [2.24, 2.45) is 0 Å². The van der Waals surface area contributed by atoms with Crippen LogP contribution in [0.25, 0.3) is 0 Å². The molecule has 0 bridgehead atoms. The summed E-state index contributed by atoms with van der Waals surface area (Å²) in [4.78, 5) is 4.02. The number of hydrogen-bond acceptors (Lipinski definition) is 4. The molecule has 15 heavy (non-hydrogen) atoms. The van der Waals surface area contributed by atoms with Crippen LogP contribution in [0.5, 0.6) is 0 Å². The summed E-state index contributed by atoms with van der Waals surface area (Å²) in [6, 6.07) is 1.59. The zero-order valence-electron chi connectivity index (χ0n) is 9.40. The van der Waals surface area contributed by atoms with Crippen molar-refractivity contribution in [3.8, 4) is 0 Å². The van der Waals surface area contributed by atoms with Gasteiger partial charge in [0.15, 0.2) is 9.84 Å². The Bertz CT molecular complexity index is 473. The van der Waals surface area contributed by atoms with Crippen molar-refractivity contribution in [3.05, 3.63) is 17.8 Å². The number of rotatable bonds is 1. The lowest BCUT2D eigenvalue weighted by Crippen LogP contribution is -2.14. The first-order valence-corrected chi connectivity index (χ1v) is 6.47. The lowest BCUT2D eigenvalue weighted by Gasteiger charge is -2.19. The van der Waals surface area contributed by atoms with Crippen molar-refractivity contribution >= 4 is 15.7 Å². The van der Waals surface area contributed by atoms with E-state index in [0.717, 1.165) is 11.8 Å². The maximum absolute atomic E-state index is 11.4. The van der Waals surface area contributed by atoms with E-state index < -0.39 is 9.84 Å². The second-order valence-electron chi connectivity index (χ2n) is 4.63. The molecule has 2 N–H and O–H groups in total. The normalized spacial score (nSPS) is 12.8. The van der Waals surface area contributed by atoms with Crippen molar-refractivity contribution in [3.63, 3.8) is 0 Å². The number of nitrogens with two attached hydrogens (primary N) is 1. The number of sulfone groups is 1. The quantitative estimate of drug-likeness (QED) is 0.787. The van der Waals surface area contributed by atoms with Gasteiger partial charge in [-0.1, -0.05) is 20.8 Å². The number of pyridine rings is 1. The van der Waals surface area contributed by atoms with E-state index in [1.165, 1.54) is 0 Å². The zero-order valence-corrected chi connectivity index (χ0v) is 10.2. The second kappa shape index (κ2) is 3.48.